The first-order valence-corrected chi connectivity index (χ1v) is 7.61. The van der Waals surface area contributed by atoms with Gasteiger partial charge in [0.15, 0.2) is 0 Å². The van der Waals surface area contributed by atoms with E-state index in [-0.39, 0.29) is 11.3 Å². The second-order valence-electron chi connectivity index (χ2n) is 5.90. The van der Waals surface area contributed by atoms with Crippen LogP contribution in [-0.4, -0.2) is 10.9 Å². The van der Waals surface area contributed by atoms with Gasteiger partial charge < -0.3 is 11.1 Å². The van der Waals surface area contributed by atoms with E-state index in [1.54, 1.807) is 12.3 Å². The molecule has 1 saturated carbocycles. The average molecular weight is 283 g/mol. The van der Waals surface area contributed by atoms with Gasteiger partial charge in [-0.3, -0.25) is 9.78 Å². The van der Waals surface area contributed by atoms with Crippen molar-refractivity contribution in [2.45, 2.75) is 39.0 Å². The zero-order valence-electron chi connectivity index (χ0n) is 12.4. The van der Waals surface area contributed by atoms with Crippen molar-refractivity contribution in [2.75, 3.05) is 11.1 Å². The van der Waals surface area contributed by atoms with E-state index >= 15 is 0 Å². The van der Waals surface area contributed by atoms with Crippen LogP contribution in [-0.2, 0) is 4.79 Å². The molecule has 0 saturated heterocycles. The second-order valence-corrected chi connectivity index (χ2v) is 5.90. The van der Waals surface area contributed by atoms with E-state index < -0.39 is 0 Å². The lowest BCUT2D eigenvalue weighted by Gasteiger charge is -2.26. The Morgan fingerprint density at radius 1 is 1.33 bits per heavy atom. The number of hydrogen-bond donors (Lipinski definition) is 2. The molecule has 1 aliphatic carbocycles. The molecule has 4 nitrogen and oxygen atoms in total. The largest absolute Gasteiger partial charge is 0.397 e. The average Bonchev–Trinajstić information content (AvgIpc) is 3.00. The summed E-state index contributed by atoms with van der Waals surface area (Å²) in [5, 5.41) is 4.01. The summed E-state index contributed by atoms with van der Waals surface area (Å²) in [5.74, 6) is 0.137. The van der Waals surface area contributed by atoms with E-state index in [0.717, 1.165) is 48.7 Å². The number of rotatable bonds is 3. The van der Waals surface area contributed by atoms with Gasteiger partial charge in [-0.1, -0.05) is 19.8 Å². The number of aromatic nitrogens is 1. The standard InChI is InChI=1S/C17H21N3O/c1-2-17(9-3-4-10-17)16(21)20-14-8-7-13(18)15-12(14)6-5-11-19-15/h5-8,11H,2-4,9-10,18H2,1H3,(H,20,21). The minimum atomic E-state index is -0.198. The van der Waals surface area contributed by atoms with Gasteiger partial charge in [-0.15, -0.1) is 0 Å². The third-order valence-corrected chi connectivity index (χ3v) is 4.77. The van der Waals surface area contributed by atoms with Gasteiger partial charge in [-0.25, -0.2) is 0 Å². The van der Waals surface area contributed by atoms with Crippen LogP contribution in [0.5, 0.6) is 0 Å². The van der Waals surface area contributed by atoms with Crippen molar-refractivity contribution in [3.05, 3.63) is 30.5 Å². The van der Waals surface area contributed by atoms with Crippen LogP contribution in [0.3, 0.4) is 0 Å². The number of pyridine rings is 1. The van der Waals surface area contributed by atoms with Crippen molar-refractivity contribution in [1.29, 1.82) is 0 Å². The van der Waals surface area contributed by atoms with Crippen molar-refractivity contribution in [3.8, 4) is 0 Å². The zero-order valence-corrected chi connectivity index (χ0v) is 12.4. The fraction of sp³-hybridized carbons (Fsp3) is 0.412. The van der Waals surface area contributed by atoms with Crippen molar-refractivity contribution in [2.24, 2.45) is 5.41 Å². The van der Waals surface area contributed by atoms with Crippen LogP contribution in [0.2, 0.25) is 0 Å². The highest BCUT2D eigenvalue weighted by Gasteiger charge is 2.39. The van der Waals surface area contributed by atoms with Gasteiger partial charge in [0.05, 0.1) is 16.9 Å². The molecule has 110 valence electrons. The summed E-state index contributed by atoms with van der Waals surface area (Å²) in [6, 6.07) is 7.48. The predicted molar refractivity (Wildman–Crippen MR) is 86.0 cm³/mol. The minimum Gasteiger partial charge on any atom is -0.397 e. The van der Waals surface area contributed by atoms with Crippen molar-refractivity contribution >= 4 is 28.2 Å². The Morgan fingerprint density at radius 2 is 2.10 bits per heavy atom. The van der Waals surface area contributed by atoms with Crippen LogP contribution in [0.4, 0.5) is 11.4 Å². The molecular formula is C17H21N3O. The first-order chi connectivity index (χ1) is 10.2. The van der Waals surface area contributed by atoms with Crippen LogP contribution < -0.4 is 11.1 Å². The van der Waals surface area contributed by atoms with E-state index in [0.29, 0.717) is 5.69 Å². The highest BCUT2D eigenvalue weighted by atomic mass is 16.2. The van der Waals surface area contributed by atoms with Crippen LogP contribution in [0.25, 0.3) is 10.9 Å². The number of fused-ring (bicyclic) bond motifs is 1. The first-order valence-electron chi connectivity index (χ1n) is 7.61. The van der Waals surface area contributed by atoms with Gasteiger partial charge in [0.1, 0.15) is 0 Å². The molecule has 1 aromatic carbocycles. The summed E-state index contributed by atoms with van der Waals surface area (Å²) in [6.45, 7) is 2.10. The molecule has 0 atom stereocenters. The molecule has 4 heteroatoms. The number of nitrogens with two attached hydrogens (primary N) is 1. The van der Waals surface area contributed by atoms with Crippen molar-refractivity contribution in [3.63, 3.8) is 0 Å². The van der Waals surface area contributed by atoms with E-state index in [4.69, 9.17) is 5.73 Å². The quantitative estimate of drug-likeness (QED) is 0.843. The number of amides is 1. The topological polar surface area (TPSA) is 68.0 Å². The lowest BCUT2D eigenvalue weighted by molar-refractivity contribution is -0.125. The van der Waals surface area contributed by atoms with Crippen LogP contribution in [0.15, 0.2) is 30.5 Å². The highest BCUT2D eigenvalue weighted by molar-refractivity contribution is 6.05. The maximum atomic E-state index is 12.7. The third-order valence-electron chi connectivity index (χ3n) is 4.77. The number of carbonyl (C=O) groups is 1. The molecule has 21 heavy (non-hydrogen) atoms. The number of anilines is 2. The number of nitrogens with zero attached hydrogens (tertiary/aromatic N) is 1. The molecule has 2 aromatic rings. The maximum Gasteiger partial charge on any atom is 0.230 e. The van der Waals surface area contributed by atoms with Crippen LogP contribution in [0.1, 0.15) is 39.0 Å². The van der Waals surface area contributed by atoms with E-state index in [1.807, 2.05) is 18.2 Å². The Morgan fingerprint density at radius 3 is 2.81 bits per heavy atom. The van der Waals surface area contributed by atoms with Gasteiger partial charge in [0.25, 0.3) is 0 Å². The van der Waals surface area contributed by atoms with Gasteiger partial charge in [0, 0.05) is 17.0 Å². The molecule has 0 bridgehead atoms. The van der Waals surface area contributed by atoms with E-state index in [9.17, 15) is 4.79 Å². The fourth-order valence-electron chi connectivity index (χ4n) is 3.35. The Bertz CT molecular complexity index is 675. The first kappa shape index (κ1) is 13.9. The summed E-state index contributed by atoms with van der Waals surface area (Å²) in [6.07, 6.45) is 6.87. The summed E-state index contributed by atoms with van der Waals surface area (Å²) in [7, 11) is 0. The number of nitrogen functional groups attached to an aromatic ring is 1. The second kappa shape index (κ2) is 5.35. The van der Waals surface area contributed by atoms with Gasteiger partial charge in [-0.2, -0.15) is 0 Å². The summed E-state index contributed by atoms with van der Waals surface area (Å²) in [5.41, 5.74) is 7.94. The lowest BCUT2D eigenvalue weighted by Crippen LogP contribution is -2.33. The van der Waals surface area contributed by atoms with Gasteiger partial charge in [-0.05, 0) is 43.5 Å². The van der Waals surface area contributed by atoms with Gasteiger partial charge >= 0.3 is 0 Å². The monoisotopic (exact) mass is 283 g/mol. The molecule has 0 spiro atoms. The number of hydrogen-bond acceptors (Lipinski definition) is 3. The zero-order chi connectivity index (χ0) is 14.9. The highest BCUT2D eigenvalue weighted by Crippen LogP contribution is 2.42. The summed E-state index contributed by atoms with van der Waals surface area (Å²) >= 11 is 0. The molecule has 0 radical (unpaired) electrons. The number of carbonyl (C=O) groups excluding carboxylic acids is 1. The normalized spacial score (nSPS) is 17.0. The van der Waals surface area contributed by atoms with Crippen LogP contribution >= 0.6 is 0 Å². The Hall–Kier alpha value is -2.10. The molecule has 1 fully saturated rings. The molecular weight excluding hydrogens is 262 g/mol. The van der Waals surface area contributed by atoms with E-state index in [2.05, 4.69) is 17.2 Å². The summed E-state index contributed by atoms with van der Waals surface area (Å²) in [4.78, 5) is 17.0. The maximum absolute atomic E-state index is 12.7. The van der Waals surface area contributed by atoms with E-state index in [1.165, 1.54) is 0 Å². The molecule has 1 amide bonds. The fourth-order valence-corrected chi connectivity index (χ4v) is 3.35. The van der Waals surface area contributed by atoms with Crippen molar-refractivity contribution < 1.29 is 4.79 Å². The molecule has 3 N–H and O–H groups in total. The van der Waals surface area contributed by atoms with Crippen LogP contribution in [0, 0.1) is 5.41 Å². The minimum absolute atomic E-state index is 0.137. The number of nitrogens with one attached hydrogen (secondary N) is 1. The van der Waals surface area contributed by atoms with Crippen molar-refractivity contribution in [1.82, 2.24) is 4.98 Å². The lowest BCUT2D eigenvalue weighted by atomic mass is 9.82. The Labute approximate surface area is 124 Å². The molecule has 3 rings (SSSR count). The molecule has 0 aliphatic heterocycles. The molecule has 1 aromatic heterocycles. The number of benzene rings is 1. The predicted octanol–water partition coefficient (Wildman–Crippen LogP) is 3.73. The molecule has 1 heterocycles. The smallest absolute Gasteiger partial charge is 0.230 e. The SMILES string of the molecule is CCC1(C(=O)Nc2ccc(N)c3ncccc23)CCCC1. The molecule has 1 aliphatic rings. The summed E-state index contributed by atoms with van der Waals surface area (Å²) < 4.78 is 0. The Kier molecular flexibility index (Phi) is 3.53. The van der Waals surface area contributed by atoms with Gasteiger partial charge in [0.2, 0.25) is 5.91 Å². The molecule has 0 unspecified atom stereocenters. The Balaban J connectivity index is 1.95. The third kappa shape index (κ3) is 2.35.